The molecule has 0 bridgehead atoms. The second kappa shape index (κ2) is 12.7. The van der Waals surface area contributed by atoms with Crippen molar-refractivity contribution in [2.75, 3.05) is 6.54 Å². The Morgan fingerprint density at radius 2 is 1.82 bits per heavy atom. The fourth-order valence-electron chi connectivity index (χ4n) is 3.58. The molecule has 1 fully saturated rings. The predicted molar refractivity (Wildman–Crippen MR) is 118 cm³/mol. The number of aromatic nitrogens is 2. The lowest BCUT2D eigenvalue weighted by Crippen LogP contribution is -2.58. The number of aliphatic carboxylic acids is 2. The van der Waals surface area contributed by atoms with Gasteiger partial charge in [-0.25, -0.2) is 9.78 Å². The van der Waals surface area contributed by atoms with Crippen LogP contribution in [0, 0.1) is 5.92 Å². The van der Waals surface area contributed by atoms with Crippen molar-refractivity contribution in [2.24, 2.45) is 5.92 Å². The highest BCUT2D eigenvalue weighted by Crippen LogP contribution is 2.09. The van der Waals surface area contributed by atoms with Crippen LogP contribution >= 0.6 is 0 Å². The fraction of sp³-hybridized carbons (Fsp3) is 0.619. The second-order valence-corrected chi connectivity index (χ2v) is 8.55. The maximum atomic E-state index is 13.1. The molecule has 0 radical (unpaired) electrons. The molecule has 3 amide bonds. The molecule has 1 saturated heterocycles. The van der Waals surface area contributed by atoms with Gasteiger partial charge < -0.3 is 36.5 Å². The molecule has 13 heteroatoms. The Morgan fingerprint density at radius 1 is 1.09 bits per heavy atom. The molecule has 7 N–H and O–H groups in total. The third kappa shape index (κ3) is 8.14. The summed E-state index contributed by atoms with van der Waals surface area (Å²) in [7, 11) is 0. The van der Waals surface area contributed by atoms with Crippen molar-refractivity contribution in [1.29, 1.82) is 0 Å². The smallest absolute Gasteiger partial charge is 0.326 e. The van der Waals surface area contributed by atoms with Crippen molar-refractivity contribution in [3.05, 3.63) is 18.2 Å². The quantitative estimate of drug-likeness (QED) is 0.180. The van der Waals surface area contributed by atoms with Gasteiger partial charge in [0.25, 0.3) is 0 Å². The number of carboxylic acid groups (broad SMARTS) is 2. The first-order valence-electron chi connectivity index (χ1n) is 11.1. The minimum absolute atomic E-state index is 0.104. The Labute approximate surface area is 196 Å². The van der Waals surface area contributed by atoms with Crippen LogP contribution in [0.5, 0.6) is 0 Å². The maximum Gasteiger partial charge on any atom is 0.326 e. The zero-order valence-electron chi connectivity index (χ0n) is 19.2. The first-order chi connectivity index (χ1) is 16.1. The Bertz CT molecular complexity index is 867. The van der Waals surface area contributed by atoms with E-state index in [1.807, 2.05) is 0 Å². The zero-order valence-corrected chi connectivity index (χ0v) is 19.2. The Balaban J connectivity index is 2.11. The Hall–Kier alpha value is -3.48. The van der Waals surface area contributed by atoms with E-state index in [1.165, 1.54) is 12.5 Å². The molecule has 4 atom stereocenters. The molecule has 0 saturated carbocycles. The molecule has 13 nitrogen and oxygen atoms in total. The van der Waals surface area contributed by atoms with E-state index in [9.17, 15) is 29.1 Å². The summed E-state index contributed by atoms with van der Waals surface area (Å²) < 4.78 is 0. The topological polar surface area (TPSA) is 203 Å². The van der Waals surface area contributed by atoms with Crippen LogP contribution < -0.4 is 21.3 Å². The summed E-state index contributed by atoms with van der Waals surface area (Å²) in [4.78, 5) is 67.5. The molecule has 1 aliphatic rings. The minimum atomic E-state index is -1.42. The van der Waals surface area contributed by atoms with Gasteiger partial charge in [0.2, 0.25) is 17.7 Å². The summed E-state index contributed by atoms with van der Waals surface area (Å²) in [5, 5.41) is 28.8. The molecule has 188 valence electrons. The number of H-pyrrole nitrogens is 1. The van der Waals surface area contributed by atoms with E-state index in [0.29, 0.717) is 18.7 Å². The van der Waals surface area contributed by atoms with Crippen molar-refractivity contribution in [3.8, 4) is 0 Å². The molecular weight excluding hydrogens is 448 g/mol. The second-order valence-electron chi connectivity index (χ2n) is 8.55. The molecule has 1 aromatic heterocycles. The molecule has 1 aromatic rings. The van der Waals surface area contributed by atoms with E-state index in [1.54, 1.807) is 13.8 Å². The van der Waals surface area contributed by atoms with Gasteiger partial charge in [-0.15, -0.1) is 0 Å². The average Bonchev–Trinajstić information content (AvgIpc) is 3.47. The highest BCUT2D eigenvalue weighted by Gasteiger charge is 2.33. The number of imidazole rings is 1. The molecule has 0 aliphatic carbocycles. The number of nitrogens with zero attached hydrogens (tertiary/aromatic N) is 1. The monoisotopic (exact) mass is 480 g/mol. The third-order valence-electron chi connectivity index (χ3n) is 5.50. The van der Waals surface area contributed by atoms with Crippen LogP contribution in [0.25, 0.3) is 0 Å². The summed E-state index contributed by atoms with van der Waals surface area (Å²) >= 11 is 0. The summed E-state index contributed by atoms with van der Waals surface area (Å²) in [5.74, 6) is -4.70. The van der Waals surface area contributed by atoms with Gasteiger partial charge in [0, 0.05) is 24.7 Å². The standard InChI is InChI=1S/C21H32N6O7/c1-11(2)17(20(32)25-14(21(33)34)5-6-16(28)29)27-19(31)15(8-12-9-22-10-24-12)26-18(30)13-4-3-7-23-13/h9-11,13-15,17,23H,3-8H2,1-2H3,(H,22,24)(H,25,32)(H,26,30)(H,27,31)(H,28,29)(H,33,34). The van der Waals surface area contributed by atoms with Crippen molar-refractivity contribution >= 4 is 29.7 Å². The summed E-state index contributed by atoms with van der Waals surface area (Å²) in [6, 6.07) is -3.95. The summed E-state index contributed by atoms with van der Waals surface area (Å²) in [6.45, 7) is 4.04. The highest BCUT2D eigenvalue weighted by molar-refractivity contribution is 5.94. The van der Waals surface area contributed by atoms with E-state index in [0.717, 1.165) is 6.42 Å². The summed E-state index contributed by atoms with van der Waals surface area (Å²) in [6.07, 6.45) is 3.81. The zero-order chi connectivity index (χ0) is 25.3. The van der Waals surface area contributed by atoms with Crippen LogP contribution in [0.4, 0.5) is 0 Å². The first-order valence-corrected chi connectivity index (χ1v) is 11.1. The van der Waals surface area contributed by atoms with Crippen LogP contribution in [-0.4, -0.2) is 80.6 Å². The van der Waals surface area contributed by atoms with Gasteiger partial charge in [0.1, 0.15) is 18.1 Å². The van der Waals surface area contributed by atoms with Crippen LogP contribution in [0.15, 0.2) is 12.5 Å². The molecule has 2 rings (SSSR count). The van der Waals surface area contributed by atoms with Crippen molar-refractivity contribution in [2.45, 2.75) is 70.1 Å². The van der Waals surface area contributed by atoms with Crippen molar-refractivity contribution in [3.63, 3.8) is 0 Å². The lowest BCUT2D eigenvalue weighted by Gasteiger charge is -2.27. The molecule has 0 aromatic carbocycles. The highest BCUT2D eigenvalue weighted by atomic mass is 16.4. The Morgan fingerprint density at radius 3 is 2.35 bits per heavy atom. The number of carbonyl (C=O) groups is 5. The number of carboxylic acids is 2. The molecular formula is C21H32N6O7. The van der Waals surface area contributed by atoms with Crippen molar-refractivity contribution < 1.29 is 34.2 Å². The van der Waals surface area contributed by atoms with E-state index in [-0.39, 0.29) is 18.7 Å². The number of aromatic amines is 1. The van der Waals surface area contributed by atoms with Crippen LogP contribution in [0.1, 0.15) is 45.2 Å². The summed E-state index contributed by atoms with van der Waals surface area (Å²) in [5.41, 5.74) is 0.602. The molecule has 2 heterocycles. The lowest BCUT2D eigenvalue weighted by atomic mass is 10.0. The number of nitrogens with one attached hydrogen (secondary N) is 5. The maximum absolute atomic E-state index is 13.1. The lowest BCUT2D eigenvalue weighted by molar-refractivity contribution is -0.143. The van der Waals surface area contributed by atoms with Gasteiger partial charge in [-0.05, 0) is 31.7 Å². The van der Waals surface area contributed by atoms with Gasteiger partial charge in [-0.1, -0.05) is 13.8 Å². The van der Waals surface area contributed by atoms with Crippen LogP contribution in [0.2, 0.25) is 0 Å². The minimum Gasteiger partial charge on any atom is -0.481 e. The fourth-order valence-corrected chi connectivity index (χ4v) is 3.58. The van der Waals surface area contributed by atoms with E-state index in [4.69, 9.17) is 5.11 Å². The van der Waals surface area contributed by atoms with Crippen LogP contribution in [-0.2, 0) is 30.4 Å². The molecule has 0 spiro atoms. The van der Waals surface area contributed by atoms with E-state index >= 15 is 0 Å². The SMILES string of the molecule is CC(C)C(NC(=O)C(Cc1cnc[nH]1)NC(=O)C1CCCN1)C(=O)NC(CCC(=O)O)C(=O)O. The van der Waals surface area contributed by atoms with E-state index in [2.05, 4.69) is 31.2 Å². The van der Waals surface area contributed by atoms with Gasteiger partial charge >= 0.3 is 11.9 Å². The third-order valence-corrected chi connectivity index (χ3v) is 5.50. The largest absolute Gasteiger partial charge is 0.481 e. The predicted octanol–water partition coefficient (Wildman–Crippen LogP) is -1.24. The van der Waals surface area contributed by atoms with Gasteiger partial charge in [-0.2, -0.15) is 0 Å². The van der Waals surface area contributed by atoms with Crippen molar-refractivity contribution in [1.82, 2.24) is 31.2 Å². The number of rotatable bonds is 13. The molecule has 1 aliphatic heterocycles. The molecule has 34 heavy (non-hydrogen) atoms. The van der Waals surface area contributed by atoms with Crippen LogP contribution in [0.3, 0.4) is 0 Å². The first kappa shape index (κ1) is 26.8. The van der Waals surface area contributed by atoms with Gasteiger partial charge in [-0.3, -0.25) is 19.2 Å². The van der Waals surface area contributed by atoms with Gasteiger partial charge in [0.05, 0.1) is 12.4 Å². The van der Waals surface area contributed by atoms with E-state index < -0.39 is 60.3 Å². The number of hydrogen-bond donors (Lipinski definition) is 7. The number of carbonyl (C=O) groups excluding carboxylic acids is 3. The number of hydrogen-bond acceptors (Lipinski definition) is 7. The van der Waals surface area contributed by atoms with Gasteiger partial charge in [0.15, 0.2) is 0 Å². The average molecular weight is 481 g/mol. The Kier molecular flexibility index (Phi) is 9.98. The molecule has 4 unspecified atom stereocenters. The normalized spacial score (nSPS) is 18.0. The number of amides is 3.